The second-order valence-electron chi connectivity index (χ2n) is 13.7. The molecule has 298 valence electrons. The summed E-state index contributed by atoms with van der Waals surface area (Å²) in [5, 5.41) is 2.49. The van der Waals surface area contributed by atoms with Gasteiger partial charge in [0.2, 0.25) is 5.91 Å². The van der Waals surface area contributed by atoms with E-state index in [0.717, 1.165) is 38.5 Å². The average Bonchev–Trinajstić information content (AvgIpc) is 3.79. The molecule has 1 heterocycles. The Hall–Kier alpha value is -2.44. The minimum Gasteiger partial charge on any atom is -0.461 e. The molecule has 1 aliphatic heterocycles. The highest BCUT2D eigenvalue weighted by molar-refractivity contribution is 7.47. The average molecular weight is 761 g/mol. The number of esters is 2. The van der Waals surface area contributed by atoms with Crippen LogP contribution in [0.5, 0.6) is 0 Å². The van der Waals surface area contributed by atoms with Crippen LogP contribution in [0.15, 0.2) is 36.0 Å². The van der Waals surface area contributed by atoms with E-state index in [0.29, 0.717) is 5.57 Å². The monoisotopic (exact) mass is 760 g/mol. The van der Waals surface area contributed by atoms with Crippen molar-refractivity contribution < 1.29 is 51.1 Å². The number of likely N-dealkylation sites (tertiary alicyclic amines) is 1. The molecule has 0 saturated carbocycles. The van der Waals surface area contributed by atoms with Crippen molar-refractivity contribution in [3.05, 3.63) is 36.0 Å². The van der Waals surface area contributed by atoms with Crippen LogP contribution in [-0.4, -0.2) is 85.2 Å². The predicted molar refractivity (Wildman–Crippen MR) is 197 cm³/mol. The zero-order chi connectivity index (χ0) is 38.3. The summed E-state index contributed by atoms with van der Waals surface area (Å²) in [6, 6.07) is 0. The van der Waals surface area contributed by atoms with Crippen molar-refractivity contribution in [3.63, 3.8) is 0 Å². The highest BCUT2D eigenvalue weighted by Crippen LogP contribution is 2.57. The van der Waals surface area contributed by atoms with E-state index in [1.807, 2.05) is 12.2 Å². The van der Waals surface area contributed by atoms with Gasteiger partial charge in [-0.3, -0.25) is 28.3 Å². The molecule has 0 aromatic carbocycles. The highest BCUT2D eigenvalue weighted by Gasteiger charge is 2.68. The van der Waals surface area contributed by atoms with Crippen LogP contribution in [0.25, 0.3) is 0 Å². The Morgan fingerprint density at radius 3 is 2.04 bits per heavy atom. The third kappa shape index (κ3) is 17.6. The van der Waals surface area contributed by atoms with Crippen LogP contribution in [0.2, 0.25) is 0 Å². The number of ether oxygens (including phenoxy) is 2. The van der Waals surface area contributed by atoms with E-state index in [-0.39, 0.29) is 45.4 Å². The highest BCUT2D eigenvalue weighted by atomic mass is 31.2. The number of nitrogens with zero attached hydrogens (tertiary/aromatic N) is 1. The van der Waals surface area contributed by atoms with Crippen molar-refractivity contribution in [3.8, 4) is 0 Å². The third-order valence-corrected chi connectivity index (χ3v) is 10.2. The molecule has 11 nitrogen and oxygen atoms in total. The van der Waals surface area contributed by atoms with Crippen LogP contribution < -0.4 is 5.32 Å². The minimum atomic E-state index is -4.67. The Kier molecular flexibility index (Phi) is 21.8. The summed E-state index contributed by atoms with van der Waals surface area (Å²) >= 11 is 0. The molecule has 14 heteroatoms. The first-order chi connectivity index (χ1) is 24.9. The van der Waals surface area contributed by atoms with Gasteiger partial charge in [-0.2, -0.15) is 0 Å². The van der Waals surface area contributed by atoms with Crippen LogP contribution in [0, 0.1) is 0 Å². The molecule has 2 N–H and O–H groups in total. The molecule has 1 amide bonds. The van der Waals surface area contributed by atoms with E-state index in [1.54, 1.807) is 19.2 Å². The zero-order valence-electron chi connectivity index (χ0n) is 31.6. The van der Waals surface area contributed by atoms with Gasteiger partial charge in [0.15, 0.2) is 6.10 Å². The Morgan fingerprint density at radius 2 is 1.46 bits per heavy atom. The quantitative estimate of drug-likeness (QED) is 0.0319. The maximum atomic E-state index is 14.3. The number of likely N-dealkylation sites (N-methyl/N-ethyl adjacent to an activating group) is 1. The fourth-order valence-electron chi connectivity index (χ4n) is 6.13. The number of allylic oxidation sites excluding steroid dienone is 2. The van der Waals surface area contributed by atoms with Crippen molar-refractivity contribution in [1.29, 1.82) is 0 Å². The molecule has 2 rings (SSSR count). The molecule has 2 aliphatic rings. The molecule has 1 saturated heterocycles. The number of phosphoric acid groups is 1. The normalized spacial score (nSPS) is 19.9. The number of halogens is 2. The molecule has 2 unspecified atom stereocenters. The van der Waals surface area contributed by atoms with Gasteiger partial charge >= 0.3 is 19.8 Å². The topological polar surface area (TPSA) is 141 Å². The molecule has 0 aromatic heterocycles. The fraction of sp³-hybridized carbons (Fsp3) is 0.763. The number of carbonyl (C=O) groups excluding carboxylic acids is 3. The zero-order valence-corrected chi connectivity index (χ0v) is 32.5. The van der Waals surface area contributed by atoms with E-state index in [4.69, 9.17) is 18.5 Å². The van der Waals surface area contributed by atoms with Gasteiger partial charge in [0.25, 0.3) is 5.92 Å². The van der Waals surface area contributed by atoms with Crippen LogP contribution in [0.3, 0.4) is 0 Å². The SMILES string of the molecule is CCCCCCCC/C=C\CC(=O)OCC(COP(=O)(O)OCCNC(=O)CC1=C[C@@]12N(C)CCC2(F)F)OC(=O)C/C=C\CCCCCCCC. The van der Waals surface area contributed by atoms with E-state index >= 15 is 0 Å². The lowest BCUT2D eigenvalue weighted by Gasteiger charge is -2.26. The maximum absolute atomic E-state index is 14.3. The number of amides is 1. The second-order valence-corrected chi connectivity index (χ2v) is 15.1. The molecule has 0 aromatic rings. The Balaban J connectivity index is 1.76. The van der Waals surface area contributed by atoms with Crippen molar-refractivity contribution >= 4 is 25.7 Å². The fourth-order valence-corrected chi connectivity index (χ4v) is 6.88. The Morgan fingerprint density at radius 1 is 0.885 bits per heavy atom. The van der Waals surface area contributed by atoms with Gasteiger partial charge in [-0.1, -0.05) is 108 Å². The minimum absolute atomic E-state index is 0.0274. The number of hydrogen-bond acceptors (Lipinski definition) is 9. The smallest absolute Gasteiger partial charge is 0.461 e. The van der Waals surface area contributed by atoms with Crippen LogP contribution in [0.4, 0.5) is 8.78 Å². The van der Waals surface area contributed by atoms with E-state index in [9.17, 15) is 32.6 Å². The number of hydrogen-bond donors (Lipinski definition) is 2. The third-order valence-electron chi connectivity index (χ3n) is 9.24. The van der Waals surface area contributed by atoms with Crippen LogP contribution >= 0.6 is 7.82 Å². The first-order valence-corrected chi connectivity index (χ1v) is 20.7. The summed E-state index contributed by atoms with van der Waals surface area (Å²) in [6.45, 7) is 3.02. The largest absolute Gasteiger partial charge is 0.472 e. The van der Waals surface area contributed by atoms with Gasteiger partial charge in [0, 0.05) is 25.9 Å². The van der Waals surface area contributed by atoms with E-state index in [1.165, 1.54) is 62.3 Å². The first-order valence-electron chi connectivity index (χ1n) is 19.2. The van der Waals surface area contributed by atoms with E-state index in [2.05, 4.69) is 19.2 Å². The molecule has 1 aliphatic carbocycles. The molecule has 1 spiro atoms. The Labute approximate surface area is 309 Å². The molecule has 3 atom stereocenters. The van der Waals surface area contributed by atoms with Gasteiger partial charge in [0.05, 0.1) is 26.1 Å². The summed E-state index contributed by atoms with van der Waals surface area (Å²) in [7, 11) is -3.07. The van der Waals surface area contributed by atoms with E-state index < -0.39 is 56.4 Å². The van der Waals surface area contributed by atoms with Crippen molar-refractivity contribution in [2.75, 3.05) is 40.0 Å². The summed E-state index contributed by atoms with van der Waals surface area (Å²) in [5.74, 6) is -4.62. The molecular formula is C38H63F2N2O9P. The van der Waals surface area contributed by atoms with Crippen LogP contribution in [-0.2, 0) is 37.5 Å². The van der Waals surface area contributed by atoms with Gasteiger partial charge in [-0.15, -0.1) is 0 Å². The Bertz CT molecular complexity index is 1230. The lowest BCUT2D eigenvalue weighted by atomic mass is 10.0. The summed E-state index contributed by atoms with van der Waals surface area (Å²) < 4.78 is 61.9. The summed E-state index contributed by atoms with van der Waals surface area (Å²) in [5.41, 5.74) is -1.14. The number of rotatable bonds is 30. The van der Waals surface area contributed by atoms with Crippen molar-refractivity contribution in [2.24, 2.45) is 0 Å². The number of unbranched alkanes of at least 4 members (excludes halogenated alkanes) is 12. The lowest BCUT2D eigenvalue weighted by molar-refractivity contribution is -0.160. The van der Waals surface area contributed by atoms with Gasteiger partial charge in [-0.25, -0.2) is 13.3 Å². The summed E-state index contributed by atoms with van der Waals surface area (Å²) in [4.78, 5) is 48.9. The standard InChI is InChI=1S/C38H63F2N2O9P/c1-4-6-8-10-12-14-16-18-20-22-35(44)48-30-33(51-36(45)23-21-19-17-15-13-11-9-7-5-2)31-50-52(46,47)49-27-25-41-34(43)28-32-29-37(32)38(39,40)24-26-42(37)3/h18-21,29,33H,4-17,22-28,30-31H2,1-3H3,(H,41,43)(H,46,47)/b20-18-,21-19-/t33?,37-/m1/s1. The molecular weight excluding hydrogens is 697 g/mol. The lowest BCUT2D eigenvalue weighted by Crippen LogP contribution is -2.43. The molecule has 1 fully saturated rings. The molecule has 0 bridgehead atoms. The number of carbonyl (C=O) groups is 3. The van der Waals surface area contributed by atoms with Gasteiger partial charge < -0.3 is 19.7 Å². The maximum Gasteiger partial charge on any atom is 0.472 e. The van der Waals surface area contributed by atoms with Crippen molar-refractivity contribution in [1.82, 2.24) is 10.2 Å². The first kappa shape index (κ1) is 45.7. The number of nitrogens with one attached hydrogen (secondary N) is 1. The van der Waals surface area contributed by atoms with Gasteiger partial charge in [-0.05, 0) is 38.3 Å². The predicted octanol–water partition coefficient (Wildman–Crippen LogP) is 8.12. The molecule has 52 heavy (non-hydrogen) atoms. The number of phosphoric ester groups is 1. The molecule has 0 radical (unpaired) electrons. The van der Waals surface area contributed by atoms with Gasteiger partial charge in [0.1, 0.15) is 12.1 Å². The second kappa shape index (κ2) is 24.8. The van der Waals surface area contributed by atoms with Crippen LogP contribution in [0.1, 0.15) is 129 Å². The number of alkyl halides is 2. The summed E-state index contributed by atoms with van der Waals surface area (Å²) in [6.07, 6.45) is 22.8. The van der Waals surface area contributed by atoms with Crippen molar-refractivity contribution in [2.45, 2.75) is 147 Å².